The number of thioether (sulfide) groups is 1. The lowest BCUT2D eigenvalue weighted by Crippen LogP contribution is -2.22. The van der Waals surface area contributed by atoms with Crippen molar-refractivity contribution in [2.45, 2.75) is 46.2 Å². The monoisotopic (exact) mass is 266 g/mol. The second-order valence-corrected chi connectivity index (χ2v) is 6.35. The summed E-state index contributed by atoms with van der Waals surface area (Å²) in [7, 11) is 0. The molecule has 2 heterocycles. The van der Waals surface area contributed by atoms with E-state index in [-0.39, 0.29) is 6.04 Å². The molecular weight excluding hydrogens is 244 g/mol. The third-order valence-corrected chi connectivity index (χ3v) is 4.03. The quantitative estimate of drug-likeness (QED) is 0.901. The van der Waals surface area contributed by atoms with Crippen molar-refractivity contribution in [3.05, 3.63) is 23.7 Å². The molecule has 18 heavy (non-hydrogen) atoms. The zero-order chi connectivity index (χ0) is 13.1. The fraction of sp³-hybridized carbons (Fsp3) is 0.643. The van der Waals surface area contributed by atoms with E-state index in [0.717, 1.165) is 22.4 Å². The third kappa shape index (κ3) is 3.55. The van der Waals surface area contributed by atoms with Gasteiger partial charge in [0.2, 0.25) is 0 Å². The predicted molar refractivity (Wildman–Crippen MR) is 78.1 cm³/mol. The van der Waals surface area contributed by atoms with E-state index in [9.17, 15) is 0 Å². The van der Waals surface area contributed by atoms with Gasteiger partial charge in [0.25, 0.3) is 0 Å². The van der Waals surface area contributed by atoms with Gasteiger partial charge < -0.3 is 9.73 Å². The van der Waals surface area contributed by atoms with Gasteiger partial charge in [0.05, 0.1) is 12.1 Å². The Morgan fingerprint density at radius 2 is 2.22 bits per heavy atom. The van der Waals surface area contributed by atoms with Gasteiger partial charge in [-0.3, -0.25) is 4.99 Å². The molecule has 0 saturated carbocycles. The fourth-order valence-electron chi connectivity index (χ4n) is 2.10. The standard InChI is InChI=1S/C14H22N2OS/c1-9(2)7-12-8-18-14(16-12)15-11(4)13-6-5-10(3)17-13/h5-6,9,11-12H,7-8H2,1-4H3,(H,15,16). The summed E-state index contributed by atoms with van der Waals surface area (Å²) in [6.45, 7) is 8.58. The molecule has 0 amide bonds. The van der Waals surface area contributed by atoms with Crippen LogP contribution >= 0.6 is 11.8 Å². The lowest BCUT2D eigenvalue weighted by atomic mass is 10.1. The Morgan fingerprint density at radius 3 is 2.83 bits per heavy atom. The maximum absolute atomic E-state index is 5.62. The normalized spacial score (nSPS) is 21.2. The first-order chi connectivity index (χ1) is 8.54. The molecule has 2 atom stereocenters. The lowest BCUT2D eigenvalue weighted by Gasteiger charge is -2.11. The van der Waals surface area contributed by atoms with Crippen LogP contribution in [-0.2, 0) is 0 Å². The summed E-state index contributed by atoms with van der Waals surface area (Å²) in [5.74, 6) is 3.74. The number of furan rings is 1. The highest BCUT2D eigenvalue weighted by Gasteiger charge is 2.21. The number of hydrogen-bond donors (Lipinski definition) is 1. The van der Waals surface area contributed by atoms with Gasteiger partial charge >= 0.3 is 0 Å². The van der Waals surface area contributed by atoms with E-state index in [1.165, 1.54) is 6.42 Å². The van der Waals surface area contributed by atoms with Crippen LogP contribution in [0.15, 0.2) is 21.5 Å². The number of aryl methyl sites for hydroxylation is 1. The number of aliphatic imine (C=N–C) groups is 1. The highest BCUT2D eigenvalue weighted by Crippen LogP contribution is 2.24. The van der Waals surface area contributed by atoms with Crippen LogP contribution in [0.2, 0.25) is 0 Å². The largest absolute Gasteiger partial charge is 0.464 e. The van der Waals surface area contributed by atoms with E-state index in [2.05, 4.69) is 26.1 Å². The van der Waals surface area contributed by atoms with E-state index in [4.69, 9.17) is 9.41 Å². The maximum atomic E-state index is 5.62. The molecule has 100 valence electrons. The molecule has 0 fully saturated rings. The van der Waals surface area contributed by atoms with E-state index in [1.807, 2.05) is 30.8 Å². The van der Waals surface area contributed by atoms with Crippen LogP contribution in [0.1, 0.15) is 44.8 Å². The van der Waals surface area contributed by atoms with Crippen LogP contribution in [0.3, 0.4) is 0 Å². The van der Waals surface area contributed by atoms with E-state index in [1.54, 1.807) is 0 Å². The summed E-state index contributed by atoms with van der Waals surface area (Å²) in [5.41, 5.74) is 0. The van der Waals surface area contributed by atoms with Gasteiger partial charge in [0.1, 0.15) is 11.5 Å². The summed E-state index contributed by atoms with van der Waals surface area (Å²) in [4.78, 5) is 4.73. The molecule has 1 aliphatic rings. The Bertz CT molecular complexity index is 425. The molecule has 0 aliphatic carbocycles. The summed E-state index contributed by atoms with van der Waals surface area (Å²) in [6, 6.07) is 4.68. The summed E-state index contributed by atoms with van der Waals surface area (Å²) in [6.07, 6.45) is 1.17. The molecule has 0 saturated heterocycles. The smallest absolute Gasteiger partial charge is 0.157 e. The van der Waals surface area contributed by atoms with Gasteiger partial charge in [-0.1, -0.05) is 25.6 Å². The van der Waals surface area contributed by atoms with E-state index in [0.29, 0.717) is 12.0 Å². The van der Waals surface area contributed by atoms with Crippen molar-refractivity contribution in [1.29, 1.82) is 0 Å². The molecule has 0 radical (unpaired) electrons. The molecule has 2 rings (SSSR count). The minimum Gasteiger partial charge on any atom is -0.464 e. The Labute approximate surface area is 113 Å². The van der Waals surface area contributed by atoms with Crippen molar-refractivity contribution in [1.82, 2.24) is 5.32 Å². The zero-order valence-corrected chi connectivity index (χ0v) is 12.4. The third-order valence-electron chi connectivity index (χ3n) is 2.98. The molecule has 1 aromatic rings. The van der Waals surface area contributed by atoms with Crippen LogP contribution in [0.25, 0.3) is 0 Å². The minimum atomic E-state index is 0.183. The van der Waals surface area contributed by atoms with Crippen LogP contribution in [0.4, 0.5) is 0 Å². The number of rotatable bonds is 4. The first-order valence-corrected chi connectivity index (χ1v) is 7.56. The molecule has 4 heteroatoms. The second kappa shape index (κ2) is 5.83. The number of nitrogens with one attached hydrogen (secondary N) is 1. The van der Waals surface area contributed by atoms with Gasteiger partial charge in [-0.15, -0.1) is 0 Å². The maximum Gasteiger partial charge on any atom is 0.157 e. The molecule has 1 aliphatic heterocycles. The zero-order valence-electron chi connectivity index (χ0n) is 11.6. The molecule has 0 bridgehead atoms. The SMILES string of the molecule is Cc1ccc(C(C)NC2=NC(CC(C)C)CS2)o1. The Morgan fingerprint density at radius 1 is 1.44 bits per heavy atom. The molecular formula is C14H22N2OS. The van der Waals surface area contributed by atoms with Gasteiger partial charge in [0, 0.05) is 5.75 Å². The summed E-state index contributed by atoms with van der Waals surface area (Å²) >= 11 is 1.82. The minimum absolute atomic E-state index is 0.183. The molecule has 1 N–H and O–H groups in total. The van der Waals surface area contributed by atoms with Gasteiger partial charge in [-0.05, 0) is 38.3 Å². The molecule has 3 nitrogen and oxygen atoms in total. The summed E-state index contributed by atoms with van der Waals surface area (Å²) < 4.78 is 5.62. The number of amidine groups is 1. The first kappa shape index (κ1) is 13.5. The van der Waals surface area contributed by atoms with Crippen molar-refractivity contribution < 1.29 is 4.42 Å². The van der Waals surface area contributed by atoms with Crippen molar-refractivity contribution in [3.8, 4) is 0 Å². The highest BCUT2D eigenvalue weighted by molar-refractivity contribution is 8.14. The Hall–Kier alpha value is -0.900. The topological polar surface area (TPSA) is 37.5 Å². The number of hydrogen-bond acceptors (Lipinski definition) is 4. The molecule has 2 unspecified atom stereocenters. The Kier molecular flexibility index (Phi) is 4.38. The first-order valence-electron chi connectivity index (χ1n) is 6.58. The van der Waals surface area contributed by atoms with Crippen molar-refractivity contribution >= 4 is 16.9 Å². The van der Waals surface area contributed by atoms with Gasteiger partial charge in [0.15, 0.2) is 5.17 Å². The molecule has 0 aromatic carbocycles. The number of nitrogens with zero attached hydrogens (tertiary/aromatic N) is 1. The average molecular weight is 266 g/mol. The van der Waals surface area contributed by atoms with Crippen molar-refractivity contribution in [3.63, 3.8) is 0 Å². The highest BCUT2D eigenvalue weighted by atomic mass is 32.2. The molecule has 0 spiro atoms. The van der Waals surface area contributed by atoms with Crippen LogP contribution in [0, 0.1) is 12.8 Å². The summed E-state index contributed by atoms with van der Waals surface area (Å²) in [5, 5.41) is 4.49. The van der Waals surface area contributed by atoms with Crippen LogP contribution in [0.5, 0.6) is 0 Å². The second-order valence-electron chi connectivity index (χ2n) is 5.34. The van der Waals surface area contributed by atoms with Gasteiger partial charge in [-0.2, -0.15) is 0 Å². The Balaban J connectivity index is 1.90. The van der Waals surface area contributed by atoms with E-state index >= 15 is 0 Å². The average Bonchev–Trinajstić information content (AvgIpc) is 2.87. The fourth-order valence-corrected chi connectivity index (χ4v) is 3.15. The van der Waals surface area contributed by atoms with Crippen molar-refractivity contribution in [2.75, 3.05) is 5.75 Å². The van der Waals surface area contributed by atoms with Crippen molar-refractivity contribution in [2.24, 2.45) is 10.9 Å². The lowest BCUT2D eigenvalue weighted by molar-refractivity contribution is 0.444. The molecule has 1 aromatic heterocycles. The van der Waals surface area contributed by atoms with Gasteiger partial charge in [-0.25, -0.2) is 0 Å². The van der Waals surface area contributed by atoms with Crippen LogP contribution in [-0.4, -0.2) is 17.0 Å². The predicted octanol–water partition coefficient (Wildman–Crippen LogP) is 3.76. The van der Waals surface area contributed by atoms with E-state index < -0.39 is 0 Å². The van der Waals surface area contributed by atoms with Crippen LogP contribution < -0.4 is 5.32 Å².